The normalized spacial score (nSPS) is 14.3. The number of amides is 1. The van der Waals surface area contributed by atoms with E-state index in [0.29, 0.717) is 6.54 Å². The summed E-state index contributed by atoms with van der Waals surface area (Å²) in [5.41, 5.74) is 2.31. The van der Waals surface area contributed by atoms with Crippen LogP contribution in [0.25, 0.3) is 10.1 Å². The van der Waals surface area contributed by atoms with Crippen LogP contribution in [0.4, 0.5) is 5.69 Å². The molecule has 1 amide bonds. The van der Waals surface area contributed by atoms with Crippen LogP contribution in [0.15, 0.2) is 29.8 Å². The van der Waals surface area contributed by atoms with Crippen molar-refractivity contribution in [1.29, 1.82) is 0 Å². The molecule has 1 N–H and O–H groups in total. The number of ether oxygens (including phenoxy) is 1. The van der Waals surface area contributed by atoms with Gasteiger partial charge in [-0.05, 0) is 32.0 Å². The zero-order chi connectivity index (χ0) is 15.7. The van der Waals surface area contributed by atoms with Gasteiger partial charge in [0.05, 0.1) is 12.8 Å². The van der Waals surface area contributed by atoms with Gasteiger partial charge in [-0.1, -0.05) is 11.6 Å². The number of allylic oxidation sites excluding steroid dienone is 1. The zero-order valence-corrected chi connectivity index (χ0v) is 13.9. The molecule has 0 spiro atoms. The average molecular weight is 316 g/mol. The lowest BCUT2D eigenvalue weighted by atomic mass is 10.2. The first-order valence-corrected chi connectivity index (χ1v) is 8.19. The zero-order valence-electron chi connectivity index (χ0n) is 13.1. The summed E-state index contributed by atoms with van der Waals surface area (Å²) in [6.07, 6.45) is 2.20. The number of fused-ring (bicyclic) bond motifs is 3. The summed E-state index contributed by atoms with van der Waals surface area (Å²) in [4.78, 5) is 15.4. The molecule has 3 rings (SSSR count). The fraction of sp³-hybridized carbons (Fsp3) is 0.353. The van der Waals surface area contributed by atoms with Gasteiger partial charge < -0.3 is 15.0 Å². The highest BCUT2D eigenvalue weighted by Crippen LogP contribution is 2.40. The Bertz CT molecular complexity index is 744. The van der Waals surface area contributed by atoms with Gasteiger partial charge in [-0.2, -0.15) is 0 Å². The fourth-order valence-corrected chi connectivity index (χ4v) is 3.75. The van der Waals surface area contributed by atoms with Gasteiger partial charge in [0.2, 0.25) is 0 Å². The van der Waals surface area contributed by atoms with Gasteiger partial charge >= 0.3 is 0 Å². The van der Waals surface area contributed by atoms with Crippen LogP contribution < -0.4 is 15.0 Å². The third-order valence-corrected chi connectivity index (χ3v) is 4.94. The van der Waals surface area contributed by atoms with Crippen molar-refractivity contribution >= 4 is 33.0 Å². The number of carbonyl (C=O) groups excluding carboxylic acids is 1. The SMILES string of the molecule is COc1ccc2sc3c(c2c1)N(CC=C(C)C)CCNC3=O. The molecule has 2 aromatic rings. The van der Waals surface area contributed by atoms with Crippen molar-refractivity contribution < 1.29 is 9.53 Å². The molecule has 0 aliphatic carbocycles. The minimum atomic E-state index is 0.0230. The number of nitrogens with one attached hydrogen (secondary N) is 1. The second-order valence-electron chi connectivity index (χ2n) is 5.63. The number of anilines is 1. The molecular formula is C17H20N2O2S. The van der Waals surface area contributed by atoms with Gasteiger partial charge in [0.15, 0.2) is 0 Å². The van der Waals surface area contributed by atoms with Gasteiger partial charge in [-0.15, -0.1) is 11.3 Å². The van der Waals surface area contributed by atoms with Gasteiger partial charge in [-0.3, -0.25) is 4.79 Å². The van der Waals surface area contributed by atoms with E-state index in [0.717, 1.165) is 39.5 Å². The lowest BCUT2D eigenvalue weighted by Crippen LogP contribution is -2.30. The smallest absolute Gasteiger partial charge is 0.263 e. The summed E-state index contributed by atoms with van der Waals surface area (Å²) in [5, 5.41) is 4.08. The van der Waals surface area contributed by atoms with Gasteiger partial charge in [-0.25, -0.2) is 0 Å². The number of benzene rings is 1. The minimum absolute atomic E-state index is 0.0230. The Morgan fingerprint density at radius 3 is 3.00 bits per heavy atom. The maximum atomic E-state index is 12.3. The van der Waals surface area contributed by atoms with E-state index in [2.05, 4.69) is 30.1 Å². The molecule has 0 atom stereocenters. The molecule has 0 bridgehead atoms. The summed E-state index contributed by atoms with van der Waals surface area (Å²) in [6.45, 7) is 6.48. The fourth-order valence-electron chi connectivity index (χ4n) is 2.63. The molecule has 4 nitrogen and oxygen atoms in total. The molecule has 1 aromatic carbocycles. The summed E-state index contributed by atoms with van der Waals surface area (Å²) in [7, 11) is 1.67. The predicted octanol–water partition coefficient (Wildman–Crippen LogP) is 3.43. The third kappa shape index (κ3) is 2.68. The minimum Gasteiger partial charge on any atom is -0.497 e. The molecule has 1 aromatic heterocycles. The largest absolute Gasteiger partial charge is 0.497 e. The highest BCUT2D eigenvalue weighted by Gasteiger charge is 2.25. The molecule has 2 heterocycles. The Hall–Kier alpha value is -2.01. The van der Waals surface area contributed by atoms with Crippen LogP contribution in [0, 0.1) is 0 Å². The van der Waals surface area contributed by atoms with Crippen molar-refractivity contribution in [3.63, 3.8) is 0 Å². The molecule has 0 fully saturated rings. The molecule has 0 saturated heterocycles. The van der Waals surface area contributed by atoms with E-state index in [9.17, 15) is 4.79 Å². The van der Waals surface area contributed by atoms with Crippen molar-refractivity contribution in [3.8, 4) is 5.75 Å². The number of thiophene rings is 1. The van der Waals surface area contributed by atoms with Gasteiger partial charge in [0, 0.05) is 29.7 Å². The Kier molecular flexibility index (Phi) is 4.07. The molecular weight excluding hydrogens is 296 g/mol. The number of rotatable bonds is 3. The molecule has 0 radical (unpaired) electrons. The molecule has 1 aliphatic rings. The highest BCUT2D eigenvalue weighted by atomic mass is 32.1. The van der Waals surface area contributed by atoms with Crippen molar-refractivity contribution in [2.45, 2.75) is 13.8 Å². The standard InChI is InChI=1S/C17H20N2O2S/c1-11(2)6-8-19-9-7-18-17(20)16-15(19)13-10-12(21-3)4-5-14(13)22-16/h4-6,10H,7-9H2,1-3H3,(H,18,20). The van der Waals surface area contributed by atoms with Crippen LogP contribution in [0.5, 0.6) is 5.75 Å². The second kappa shape index (κ2) is 6.01. The summed E-state index contributed by atoms with van der Waals surface area (Å²) in [6, 6.07) is 6.00. The summed E-state index contributed by atoms with van der Waals surface area (Å²) < 4.78 is 6.46. The quantitative estimate of drug-likeness (QED) is 0.882. The van der Waals surface area contributed by atoms with Crippen LogP contribution in [-0.4, -0.2) is 32.7 Å². The molecule has 0 saturated carbocycles. The Labute approximate surface area is 134 Å². The number of carbonyl (C=O) groups is 1. The van der Waals surface area contributed by atoms with E-state index in [1.165, 1.54) is 5.57 Å². The molecule has 0 unspecified atom stereocenters. The maximum Gasteiger partial charge on any atom is 0.263 e. The van der Waals surface area contributed by atoms with E-state index in [4.69, 9.17) is 4.74 Å². The monoisotopic (exact) mass is 316 g/mol. The number of methoxy groups -OCH3 is 1. The first-order chi connectivity index (χ1) is 10.6. The Balaban J connectivity index is 2.16. The van der Waals surface area contributed by atoms with Crippen LogP contribution in [0.2, 0.25) is 0 Å². The first kappa shape index (κ1) is 14.9. The van der Waals surface area contributed by atoms with E-state index in [1.807, 2.05) is 18.2 Å². The molecule has 116 valence electrons. The second-order valence-corrected chi connectivity index (χ2v) is 6.68. The third-order valence-electron chi connectivity index (χ3n) is 3.78. The number of hydrogen-bond acceptors (Lipinski definition) is 4. The molecule has 22 heavy (non-hydrogen) atoms. The van der Waals surface area contributed by atoms with Crippen molar-refractivity contribution in [2.75, 3.05) is 31.6 Å². The Morgan fingerprint density at radius 1 is 1.45 bits per heavy atom. The lowest BCUT2D eigenvalue weighted by molar-refractivity contribution is 0.0962. The van der Waals surface area contributed by atoms with Gasteiger partial charge in [0.25, 0.3) is 5.91 Å². The van der Waals surface area contributed by atoms with Crippen molar-refractivity contribution in [3.05, 3.63) is 34.7 Å². The average Bonchev–Trinajstić information content (AvgIpc) is 2.81. The van der Waals surface area contributed by atoms with Crippen LogP contribution in [-0.2, 0) is 0 Å². The maximum absolute atomic E-state index is 12.3. The molecule has 5 heteroatoms. The first-order valence-electron chi connectivity index (χ1n) is 7.37. The number of hydrogen-bond donors (Lipinski definition) is 1. The highest BCUT2D eigenvalue weighted by molar-refractivity contribution is 7.21. The van der Waals surface area contributed by atoms with Crippen LogP contribution in [0.1, 0.15) is 23.5 Å². The van der Waals surface area contributed by atoms with E-state index in [-0.39, 0.29) is 5.91 Å². The summed E-state index contributed by atoms with van der Waals surface area (Å²) >= 11 is 1.55. The summed E-state index contributed by atoms with van der Waals surface area (Å²) in [5.74, 6) is 0.842. The van der Waals surface area contributed by atoms with Crippen molar-refractivity contribution in [1.82, 2.24) is 5.32 Å². The van der Waals surface area contributed by atoms with E-state index in [1.54, 1.807) is 18.4 Å². The Morgan fingerprint density at radius 2 is 2.27 bits per heavy atom. The number of nitrogens with zero attached hydrogens (tertiary/aromatic N) is 1. The lowest BCUT2D eigenvalue weighted by Gasteiger charge is -2.21. The molecule has 1 aliphatic heterocycles. The van der Waals surface area contributed by atoms with Crippen molar-refractivity contribution in [2.24, 2.45) is 0 Å². The predicted molar refractivity (Wildman–Crippen MR) is 92.4 cm³/mol. The van der Waals surface area contributed by atoms with Crippen LogP contribution in [0.3, 0.4) is 0 Å². The topological polar surface area (TPSA) is 41.6 Å². The van der Waals surface area contributed by atoms with E-state index < -0.39 is 0 Å². The van der Waals surface area contributed by atoms with E-state index >= 15 is 0 Å². The van der Waals surface area contributed by atoms with Crippen LogP contribution >= 0.6 is 11.3 Å². The van der Waals surface area contributed by atoms with Gasteiger partial charge in [0.1, 0.15) is 10.6 Å².